The Morgan fingerprint density at radius 1 is 1.08 bits per heavy atom. The van der Waals surface area contributed by atoms with Gasteiger partial charge in [-0.3, -0.25) is 4.79 Å². The summed E-state index contributed by atoms with van der Waals surface area (Å²) in [4.78, 5) is 17.3. The Morgan fingerprint density at radius 3 is 2.71 bits per heavy atom. The molecule has 24 heavy (non-hydrogen) atoms. The zero-order chi connectivity index (χ0) is 16.5. The first-order valence-corrected chi connectivity index (χ1v) is 8.65. The molecule has 0 saturated carbocycles. The van der Waals surface area contributed by atoms with Gasteiger partial charge < -0.3 is 14.5 Å². The van der Waals surface area contributed by atoms with E-state index in [0.29, 0.717) is 6.54 Å². The molecule has 124 valence electrons. The number of fused-ring (bicyclic) bond motifs is 1. The average Bonchev–Trinajstić information content (AvgIpc) is 3.15. The van der Waals surface area contributed by atoms with Gasteiger partial charge in [-0.15, -0.1) is 0 Å². The van der Waals surface area contributed by atoms with Gasteiger partial charge in [0.15, 0.2) is 0 Å². The second-order valence-corrected chi connectivity index (χ2v) is 6.56. The van der Waals surface area contributed by atoms with E-state index in [2.05, 4.69) is 11.0 Å². The first-order chi connectivity index (χ1) is 11.7. The lowest BCUT2D eigenvalue weighted by Crippen LogP contribution is -2.42. The van der Waals surface area contributed by atoms with Crippen molar-refractivity contribution >= 4 is 17.3 Å². The lowest BCUT2D eigenvalue weighted by Gasteiger charge is -2.33. The molecule has 1 fully saturated rings. The molecule has 4 nitrogen and oxygen atoms in total. The first kappa shape index (κ1) is 15.1. The van der Waals surface area contributed by atoms with Crippen molar-refractivity contribution in [2.24, 2.45) is 0 Å². The normalized spacial score (nSPS) is 19.8. The number of ether oxygens (including phenoxy) is 1. The fourth-order valence-electron chi connectivity index (χ4n) is 3.55. The van der Waals surface area contributed by atoms with Gasteiger partial charge >= 0.3 is 0 Å². The topological polar surface area (TPSA) is 32.8 Å². The van der Waals surface area contributed by atoms with E-state index >= 15 is 0 Å². The molecule has 0 bridgehead atoms. The number of anilines is 2. The summed E-state index contributed by atoms with van der Waals surface area (Å²) in [5.74, 6) is 0.818. The maximum absolute atomic E-state index is 13.1. The standard InChI is InChI=1S/C20H22N2O2/c1-15-14-22(18-9-2-3-10-19(18)24-15)20(23)16-7-6-8-17(13-16)21-11-4-5-12-21/h2-3,6-10,13,15H,4-5,11-12,14H2,1H3. The van der Waals surface area contributed by atoms with E-state index in [0.717, 1.165) is 35.8 Å². The van der Waals surface area contributed by atoms with E-state index in [1.54, 1.807) is 0 Å². The Kier molecular flexibility index (Phi) is 3.89. The van der Waals surface area contributed by atoms with Crippen LogP contribution in [0, 0.1) is 0 Å². The molecule has 2 aliphatic heterocycles. The van der Waals surface area contributed by atoms with Crippen LogP contribution in [0.2, 0.25) is 0 Å². The molecule has 0 radical (unpaired) electrons. The molecule has 4 rings (SSSR count). The summed E-state index contributed by atoms with van der Waals surface area (Å²) in [5.41, 5.74) is 2.74. The molecule has 0 spiro atoms. The minimum absolute atomic E-state index is 0.00869. The summed E-state index contributed by atoms with van der Waals surface area (Å²) >= 11 is 0. The minimum atomic E-state index is -0.00869. The molecule has 0 aliphatic carbocycles. The lowest BCUT2D eigenvalue weighted by atomic mass is 10.1. The van der Waals surface area contributed by atoms with Gasteiger partial charge in [-0.1, -0.05) is 18.2 Å². The molecule has 4 heteroatoms. The van der Waals surface area contributed by atoms with Crippen LogP contribution in [0.3, 0.4) is 0 Å². The summed E-state index contributed by atoms with van der Waals surface area (Å²) < 4.78 is 5.85. The Morgan fingerprint density at radius 2 is 1.88 bits per heavy atom. The molecular weight excluding hydrogens is 300 g/mol. The molecular formula is C20H22N2O2. The van der Waals surface area contributed by atoms with Gasteiger partial charge in [0.1, 0.15) is 11.9 Å². The number of hydrogen-bond donors (Lipinski definition) is 0. The van der Waals surface area contributed by atoms with Gasteiger partial charge in [-0.2, -0.15) is 0 Å². The second-order valence-electron chi connectivity index (χ2n) is 6.56. The van der Waals surface area contributed by atoms with Crippen LogP contribution in [0.15, 0.2) is 48.5 Å². The molecule has 2 aromatic carbocycles. The number of amides is 1. The minimum Gasteiger partial charge on any atom is -0.487 e. The molecule has 0 N–H and O–H groups in total. The molecule has 0 aromatic heterocycles. The van der Waals surface area contributed by atoms with E-state index in [-0.39, 0.29) is 12.0 Å². The van der Waals surface area contributed by atoms with Crippen LogP contribution in [-0.4, -0.2) is 31.6 Å². The van der Waals surface area contributed by atoms with Gasteiger partial charge in [0.05, 0.1) is 12.2 Å². The van der Waals surface area contributed by atoms with E-state index in [1.165, 1.54) is 12.8 Å². The molecule has 2 aliphatic rings. The number of benzene rings is 2. The Balaban J connectivity index is 1.65. The summed E-state index contributed by atoms with van der Waals surface area (Å²) in [5, 5.41) is 0. The highest BCUT2D eigenvalue weighted by Crippen LogP contribution is 2.34. The Bertz CT molecular complexity index is 753. The van der Waals surface area contributed by atoms with Gasteiger partial charge in [-0.05, 0) is 50.1 Å². The number of carbonyl (C=O) groups excluding carboxylic acids is 1. The summed E-state index contributed by atoms with van der Waals surface area (Å²) in [6.07, 6.45) is 2.45. The third-order valence-corrected chi connectivity index (χ3v) is 4.73. The fourth-order valence-corrected chi connectivity index (χ4v) is 3.55. The Hall–Kier alpha value is -2.49. The van der Waals surface area contributed by atoms with Gasteiger partial charge in [0, 0.05) is 24.3 Å². The van der Waals surface area contributed by atoms with Crippen molar-refractivity contribution in [2.75, 3.05) is 29.4 Å². The van der Waals surface area contributed by atoms with Crippen LogP contribution in [0.1, 0.15) is 30.1 Å². The zero-order valence-electron chi connectivity index (χ0n) is 13.9. The van der Waals surface area contributed by atoms with Crippen molar-refractivity contribution in [3.63, 3.8) is 0 Å². The van der Waals surface area contributed by atoms with E-state index in [9.17, 15) is 4.79 Å². The maximum Gasteiger partial charge on any atom is 0.258 e. The highest BCUT2D eigenvalue weighted by atomic mass is 16.5. The highest BCUT2D eigenvalue weighted by molar-refractivity contribution is 6.07. The van der Waals surface area contributed by atoms with Crippen molar-refractivity contribution in [1.29, 1.82) is 0 Å². The average molecular weight is 322 g/mol. The summed E-state index contributed by atoms with van der Waals surface area (Å²) in [7, 11) is 0. The number of para-hydroxylation sites is 2. The third kappa shape index (κ3) is 2.73. The molecule has 2 heterocycles. The number of nitrogens with zero attached hydrogens (tertiary/aromatic N) is 2. The zero-order valence-corrected chi connectivity index (χ0v) is 13.9. The Labute approximate surface area is 142 Å². The number of rotatable bonds is 2. The van der Waals surface area contributed by atoms with E-state index in [4.69, 9.17) is 4.74 Å². The smallest absolute Gasteiger partial charge is 0.258 e. The van der Waals surface area contributed by atoms with Crippen molar-refractivity contribution < 1.29 is 9.53 Å². The molecule has 2 aromatic rings. The van der Waals surface area contributed by atoms with E-state index in [1.807, 2.05) is 54.3 Å². The second kappa shape index (κ2) is 6.19. The van der Waals surface area contributed by atoms with Crippen LogP contribution < -0.4 is 14.5 Å². The molecule has 1 atom stereocenters. The highest BCUT2D eigenvalue weighted by Gasteiger charge is 2.28. The SMILES string of the molecule is CC1CN(C(=O)c2cccc(N3CCCC3)c2)c2ccccc2O1. The number of carbonyl (C=O) groups is 1. The molecule has 1 unspecified atom stereocenters. The predicted octanol–water partition coefficient (Wildman–Crippen LogP) is 3.71. The first-order valence-electron chi connectivity index (χ1n) is 8.65. The predicted molar refractivity (Wildman–Crippen MR) is 96.1 cm³/mol. The lowest BCUT2D eigenvalue weighted by molar-refractivity contribution is 0.0961. The van der Waals surface area contributed by atoms with Gasteiger partial charge in [-0.25, -0.2) is 0 Å². The molecule has 1 saturated heterocycles. The van der Waals surface area contributed by atoms with Crippen LogP contribution in [0.5, 0.6) is 5.75 Å². The van der Waals surface area contributed by atoms with Crippen LogP contribution in [-0.2, 0) is 0 Å². The fraction of sp³-hybridized carbons (Fsp3) is 0.350. The van der Waals surface area contributed by atoms with Crippen molar-refractivity contribution in [1.82, 2.24) is 0 Å². The maximum atomic E-state index is 13.1. The van der Waals surface area contributed by atoms with Crippen LogP contribution >= 0.6 is 0 Å². The largest absolute Gasteiger partial charge is 0.487 e. The van der Waals surface area contributed by atoms with Crippen molar-refractivity contribution in [3.8, 4) is 5.75 Å². The third-order valence-electron chi connectivity index (χ3n) is 4.73. The van der Waals surface area contributed by atoms with Crippen molar-refractivity contribution in [3.05, 3.63) is 54.1 Å². The van der Waals surface area contributed by atoms with E-state index < -0.39 is 0 Å². The summed E-state index contributed by atoms with van der Waals surface area (Å²) in [6, 6.07) is 15.8. The summed E-state index contributed by atoms with van der Waals surface area (Å²) in [6.45, 7) is 4.73. The van der Waals surface area contributed by atoms with Crippen LogP contribution in [0.25, 0.3) is 0 Å². The van der Waals surface area contributed by atoms with Crippen molar-refractivity contribution in [2.45, 2.75) is 25.9 Å². The van der Waals surface area contributed by atoms with Gasteiger partial charge in [0.2, 0.25) is 0 Å². The quantitative estimate of drug-likeness (QED) is 0.845. The monoisotopic (exact) mass is 322 g/mol. The number of hydrogen-bond acceptors (Lipinski definition) is 3. The van der Waals surface area contributed by atoms with Crippen LogP contribution in [0.4, 0.5) is 11.4 Å². The van der Waals surface area contributed by atoms with Gasteiger partial charge in [0.25, 0.3) is 5.91 Å². The molecule has 1 amide bonds.